The van der Waals surface area contributed by atoms with E-state index in [1.165, 1.54) is 49.6 Å². The normalized spacial score (nSPS) is 13.0. The number of allylic oxidation sites excluding steroid dienone is 1. The monoisotopic (exact) mass is 344 g/mol. The van der Waals surface area contributed by atoms with Crippen LogP contribution in [0.15, 0.2) is 54.6 Å². The van der Waals surface area contributed by atoms with Crippen molar-refractivity contribution < 1.29 is 0 Å². The second-order valence-corrected chi connectivity index (χ2v) is 7.96. The summed E-state index contributed by atoms with van der Waals surface area (Å²) in [6.07, 6.45) is 6.96. The first-order valence-electron chi connectivity index (χ1n) is 9.29. The molecular weight excluding hydrogens is 320 g/mol. The van der Waals surface area contributed by atoms with E-state index >= 15 is 0 Å². The quantitative estimate of drug-likeness (QED) is 0.466. The maximum atomic E-state index is 2.41. The third kappa shape index (κ3) is 3.21. The Bertz CT molecular complexity index is 910. The van der Waals surface area contributed by atoms with E-state index in [9.17, 15) is 0 Å². The molecule has 0 saturated carbocycles. The van der Waals surface area contributed by atoms with Gasteiger partial charge in [0.2, 0.25) is 0 Å². The van der Waals surface area contributed by atoms with Crippen LogP contribution < -0.4 is 0 Å². The Kier molecular flexibility index (Phi) is 4.59. The largest absolute Gasteiger partial charge is 0.141 e. The van der Waals surface area contributed by atoms with Crippen molar-refractivity contribution in [3.63, 3.8) is 0 Å². The molecule has 126 valence electrons. The third-order valence-electron chi connectivity index (χ3n) is 5.03. The number of rotatable bonds is 5. The van der Waals surface area contributed by atoms with Crippen LogP contribution in [0.4, 0.5) is 0 Å². The Morgan fingerprint density at radius 2 is 1.76 bits per heavy atom. The van der Waals surface area contributed by atoms with E-state index < -0.39 is 0 Å². The molecule has 3 aromatic rings. The summed E-state index contributed by atoms with van der Waals surface area (Å²) in [5.41, 5.74) is 8.46. The van der Waals surface area contributed by atoms with Crippen molar-refractivity contribution in [2.45, 2.75) is 39.5 Å². The second kappa shape index (κ2) is 7.01. The predicted octanol–water partition coefficient (Wildman–Crippen LogP) is 7.03. The molecule has 0 saturated heterocycles. The molecule has 0 radical (unpaired) electrons. The molecule has 0 N–H and O–H groups in total. The van der Waals surface area contributed by atoms with Crippen LogP contribution in [0.3, 0.4) is 0 Å². The zero-order valence-corrected chi connectivity index (χ0v) is 15.8. The van der Waals surface area contributed by atoms with Crippen molar-refractivity contribution in [2.75, 3.05) is 0 Å². The Labute approximate surface area is 154 Å². The van der Waals surface area contributed by atoms with E-state index in [1.807, 2.05) is 11.3 Å². The van der Waals surface area contributed by atoms with Crippen LogP contribution in [0.25, 0.3) is 22.8 Å². The lowest BCUT2D eigenvalue weighted by molar-refractivity contribution is 0.922. The SMILES string of the molecule is CCCc1ccc(-c2cccc3c2C=C(c2ccc(CC)s2)C3)cc1. The third-order valence-corrected chi connectivity index (χ3v) is 6.33. The van der Waals surface area contributed by atoms with Crippen LogP contribution in [0.1, 0.15) is 46.7 Å². The van der Waals surface area contributed by atoms with E-state index in [-0.39, 0.29) is 0 Å². The first kappa shape index (κ1) is 16.4. The van der Waals surface area contributed by atoms with Gasteiger partial charge >= 0.3 is 0 Å². The van der Waals surface area contributed by atoms with E-state index in [2.05, 4.69) is 74.5 Å². The first-order chi connectivity index (χ1) is 12.3. The van der Waals surface area contributed by atoms with Crippen molar-refractivity contribution in [1.29, 1.82) is 0 Å². The van der Waals surface area contributed by atoms with E-state index in [4.69, 9.17) is 0 Å². The van der Waals surface area contributed by atoms with Gasteiger partial charge in [-0.15, -0.1) is 11.3 Å². The van der Waals surface area contributed by atoms with Gasteiger partial charge in [0.25, 0.3) is 0 Å². The highest BCUT2D eigenvalue weighted by Gasteiger charge is 2.18. The van der Waals surface area contributed by atoms with Gasteiger partial charge in [0.1, 0.15) is 0 Å². The smallest absolute Gasteiger partial charge is 0.0308 e. The van der Waals surface area contributed by atoms with Crippen molar-refractivity contribution in [1.82, 2.24) is 0 Å². The zero-order valence-electron chi connectivity index (χ0n) is 15.0. The van der Waals surface area contributed by atoms with Crippen molar-refractivity contribution in [3.8, 4) is 11.1 Å². The first-order valence-corrected chi connectivity index (χ1v) is 10.1. The van der Waals surface area contributed by atoms with Gasteiger partial charge < -0.3 is 0 Å². The number of aryl methyl sites for hydroxylation is 2. The van der Waals surface area contributed by atoms with Crippen LogP contribution in [-0.4, -0.2) is 0 Å². The van der Waals surface area contributed by atoms with E-state index in [0.29, 0.717) is 0 Å². The summed E-state index contributed by atoms with van der Waals surface area (Å²) in [5.74, 6) is 0. The van der Waals surface area contributed by atoms with Crippen molar-refractivity contribution in [2.24, 2.45) is 0 Å². The summed E-state index contributed by atoms with van der Waals surface area (Å²) < 4.78 is 0. The zero-order chi connectivity index (χ0) is 17.2. The molecule has 0 atom stereocenters. The number of hydrogen-bond donors (Lipinski definition) is 0. The summed E-state index contributed by atoms with van der Waals surface area (Å²) in [5, 5.41) is 0. The highest BCUT2D eigenvalue weighted by atomic mass is 32.1. The second-order valence-electron chi connectivity index (χ2n) is 6.79. The van der Waals surface area contributed by atoms with E-state index in [0.717, 1.165) is 19.3 Å². The van der Waals surface area contributed by atoms with Crippen LogP contribution >= 0.6 is 11.3 Å². The predicted molar refractivity (Wildman–Crippen MR) is 111 cm³/mol. The van der Waals surface area contributed by atoms with Gasteiger partial charge in [-0.3, -0.25) is 0 Å². The molecule has 0 bridgehead atoms. The molecule has 0 aliphatic heterocycles. The topological polar surface area (TPSA) is 0 Å². The lowest BCUT2D eigenvalue weighted by atomic mass is 9.96. The number of hydrogen-bond acceptors (Lipinski definition) is 1. The Morgan fingerprint density at radius 3 is 2.48 bits per heavy atom. The summed E-state index contributed by atoms with van der Waals surface area (Å²) in [6, 6.07) is 20.4. The van der Waals surface area contributed by atoms with Crippen LogP contribution in [0.5, 0.6) is 0 Å². The molecule has 0 unspecified atom stereocenters. The van der Waals surface area contributed by atoms with Crippen LogP contribution in [0.2, 0.25) is 0 Å². The van der Waals surface area contributed by atoms with Gasteiger partial charge in [0, 0.05) is 9.75 Å². The van der Waals surface area contributed by atoms with Gasteiger partial charge in [-0.2, -0.15) is 0 Å². The minimum Gasteiger partial charge on any atom is -0.141 e. The number of benzene rings is 2. The highest BCUT2D eigenvalue weighted by molar-refractivity contribution is 7.13. The standard InChI is InChI=1S/C24H24S/c1-3-6-17-9-11-18(12-10-17)22-8-5-7-19-15-20(16-23(19)22)24-14-13-21(4-2)25-24/h5,7-14,16H,3-4,6,15H2,1-2H3. The van der Waals surface area contributed by atoms with Crippen LogP contribution in [-0.2, 0) is 19.3 Å². The van der Waals surface area contributed by atoms with Gasteiger partial charge in [-0.25, -0.2) is 0 Å². The fourth-order valence-electron chi connectivity index (χ4n) is 3.66. The summed E-state index contributed by atoms with van der Waals surface area (Å²) in [4.78, 5) is 2.90. The number of fused-ring (bicyclic) bond motifs is 1. The average Bonchev–Trinajstić information content (AvgIpc) is 3.29. The molecule has 1 aliphatic rings. The lowest BCUT2D eigenvalue weighted by Crippen LogP contribution is -1.88. The Balaban J connectivity index is 1.70. The molecule has 1 aliphatic carbocycles. The van der Waals surface area contributed by atoms with Gasteiger partial charge in [-0.05, 0) is 70.9 Å². The molecule has 2 aromatic carbocycles. The highest BCUT2D eigenvalue weighted by Crippen LogP contribution is 2.39. The molecule has 0 fully saturated rings. The maximum Gasteiger partial charge on any atom is 0.0308 e. The molecule has 0 nitrogen and oxygen atoms in total. The Morgan fingerprint density at radius 1 is 0.920 bits per heavy atom. The minimum absolute atomic E-state index is 1.06. The lowest BCUT2D eigenvalue weighted by Gasteiger charge is -2.08. The molecule has 25 heavy (non-hydrogen) atoms. The number of thiophene rings is 1. The van der Waals surface area contributed by atoms with Crippen molar-refractivity contribution >= 4 is 23.0 Å². The Hall–Kier alpha value is -2.12. The summed E-state index contributed by atoms with van der Waals surface area (Å²) in [6.45, 7) is 4.46. The maximum absolute atomic E-state index is 2.41. The molecule has 0 amide bonds. The summed E-state index contributed by atoms with van der Waals surface area (Å²) in [7, 11) is 0. The van der Waals surface area contributed by atoms with Gasteiger partial charge in [0.05, 0.1) is 0 Å². The van der Waals surface area contributed by atoms with Gasteiger partial charge in [0.15, 0.2) is 0 Å². The van der Waals surface area contributed by atoms with Crippen molar-refractivity contribution in [3.05, 3.63) is 81.0 Å². The molecule has 1 heteroatoms. The molecule has 1 aromatic heterocycles. The minimum atomic E-state index is 1.06. The summed E-state index contributed by atoms with van der Waals surface area (Å²) >= 11 is 1.94. The van der Waals surface area contributed by atoms with Gasteiger partial charge in [-0.1, -0.05) is 62.7 Å². The fraction of sp³-hybridized carbons (Fsp3) is 0.250. The average molecular weight is 345 g/mol. The molecular formula is C24H24S. The molecule has 1 heterocycles. The van der Waals surface area contributed by atoms with E-state index in [1.54, 1.807) is 0 Å². The van der Waals surface area contributed by atoms with Crippen LogP contribution in [0, 0.1) is 0 Å². The molecule has 0 spiro atoms. The molecule has 4 rings (SSSR count). The fourth-order valence-corrected chi connectivity index (χ4v) is 4.62.